The van der Waals surface area contributed by atoms with Crippen LogP contribution >= 0.6 is 11.6 Å². The number of benzene rings is 1. The van der Waals surface area contributed by atoms with Crippen LogP contribution in [-0.2, 0) is 4.74 Å². The van der Waals surface area contributed by atoms with E-state index in [1.54, 1.807) is 12.1 Å². The van der Waals surface area contributed by atoms with Crippen molar-refractivity contribution in [3.05, 3.63) is 41.5 Å². The van der Waals surface area contributed by atoms with E-state index in [9.17, 15) is 4.79 Å². The van der Waals surface area contributed by atoms with Crippen molar-refractivity contribution in [2.75, 3.05) is 25.1 Å². The number of furan rings is 1. The van der Waals surface area contributed by atoms with Crippen LogP contribution in [-0.4, -0.2) is 52.8 Å². The van der Waals surface area contributed by atoms with Crippen LogP contribution in [0.15, 0.2) is 34.9 Å². The van der Waals surface area contributed by atoms with Gasteiger partial charge in [0.15, 0.2) is 0 Å². The van der Waals surface area contributed by atoms with Crippen molar-refractivity contribution in [1.82, 2.24) is 20.3 Å². The Morgan fingerprint density at radius 1 is 1.21 bits per heavy atom. The number of hydrogen-bond acceptors (Lipinski definition) is 9. The molecule has 0 bridgehead atoms. The maximum Gasteiger partial charge on any atom is 0.289 e. The molecule has 0 spiro atoms. The van der Waals surface area contributed by atoms with Crippen molar-refractivity contribution in [2.45, 2.75) is 25.5 Å². The minimum atomic E-state index is -0.245. The average Bonchev–Trinajstić information content (AvgIpc) is 3.44. The van der Waals surface area contributed by atoms with E-state index in [1.165, 1.54) is 6.20 Å². The summed E-state index contributed by atoms with van der Waals surface area (Å²) in [6.07, 6.45) is 2.15. The Morgan fingerprint density at radius 2 is 2.12 bits per heavy atom. The molecule has 2 unspecified atom stereocenters. The van der Waals surface area contributed by atoms with E-state index in [1.807, 2.05) is 19.1 Å². The minimum absolute atomic E-state index is 0.0230. The Bertz CT molecular complexity index is 1420. The molecule has 1 fully saturated rings. The molecule has 2 N–H and O–H groups in total. The number of ether oxygens (including phenoxy) is 3. The standard InChI is InChI=1S/C23H20ClN5O5/c1-11-8-25-19-18-13-2-5-17(28-14(13)3-4-15(18)33-20(19)21(30)27-11)34-22-16(9-26-23(24)29-22)32-12-6-7-31-10-12/h2-5,9,11-12,25H,6-8,10H2,1H3,(H,27,30). The van der Waals surface area contributed by atoms with Gasteiger partial charge in [0.25, 0.3) is 11.8 Å². The summed E-state index contributed by atoms with van der Waals surface area (Å²) in [4.78, 5) is 25.3. The Morgan fingerprint density at radius 3 is 2.97 bits per heavy atom. The molecule has 34 heavy (non-hydrogen) atoms. The van der Waals surface area contributed by atoms with E-state index in [-0.39, 0.29) is 35.0 Å². The van der Waals surface area contributed by atoms with Crippen LogP contribution < -0.4 is 20.1 Å². The fourth-order valence-corrected chi connectivity index (χ4v) is 4.26. The molecule has 10 nitrogen and oxygen atoms in total. The van der Waals surface area contributed by atoms with Crippen molar-refractivity contribution >= 4 is 45.1 Å². The van der Waals surface area contributed by atoms with Crippen LogP contribution in [0.4, 0.5) is 5.69 Å². The number of hydrogen-bond donors (Lipinski definition) is 2. The maximum absolute atomic E-state index is 12.5. The lowest BCUT2D eigenvalue weighted by molar-refractivity contribution is 0.0920. The molecule has 5 heterocycles. The fraction of sp³-hybridized carbons (Fsp3) is 0.304. The van der Waals surface area contributed by atoms with Gasteiger partial charge in [0.05, 0.1) is 36.0 Å². The third kappa shape index (κ3) is 3.74. The molecule has 11 heteroatoms. The summed E-state index contributed by atoms with van der Waals surface area (Å²) in [6, 6.07) is 7.17. The molecule has 2 aliphatic rings. The molecular formula is C23H20ClN5O5. The highest BCUT2D eigenvalue weighted by atomic mass is 35.5. The van der Waals surface area contributed by atoms with Crippen LogP contribution in [0.3, 0.4) is 0 Å². The Hall–Kier alpha value is -3.63. The van der Waals surface area contributed by atoms with Gasteiger partial charge >= 0.3 is 0 Å². The van der Waals surface area contributed by atoms with E-state index in [2.05, 4.69) is 25.6 Å². The monoisotopic (exact) mass is 481 g/mol. The fourth-order valence-electron chi connectivity index (χ4n) is 4.14. The van der Waals surface area contributed by atoms with Gasteiger partial charge in [-0.3, -0.25) is 4.79 Å². The molecule has 0 saturated carbocycles. The second-order valence-corrected chi connectivity index (χ2v) is 8.57. The lowest BCUT2D eigenvalue weighted by atomic mass is 10.1. The summed E-state index contributed by atoms with van der Waals surface area (Å²) in [5.41, 5.74) is 1.93. The number of aromatic nitrogens is 3. The summed E-state index contributed by atoms with van der Waals surface area (Å²) < 4.78 is 23.1. The maximum atomic E-state index is 12.5. The van der Waals surface area contributed by atoms with Crippen molar-refractivity contribution in [3.8, 4) is 17.5 Å². The number of nitrogens with zero attached hydrogens (tertiary/aromatic N) is 3. The molecule has 4 aromatic rings. The molecule has 1 aromatic carbocycles. The first kappa shape index (κ1) is 20.9. The SMILES string of the molecule is CC1CNc2c(oc3ccc4nc(Oc5nc(Cl)ncc5OC5CCOC5)ccc4c23)C(=O)N1. The number of halogens is 1. The molecule has 1 amide bonds. The number of amides is 1. The number of nitrogens with one attached hydrogen (secondary N) is 2. The van der Waals surface area contributed by atoms with Gasteiger partial charge < -0.3 is 29.3 Å². The molecule has 2 atom stereocenters. The first-order chi connectivity index (χ1) is 16.5. The lowest BCUT2D eigenvalue weighted by Gasteiger charge is -2.14. The van der Waals surface area contributed by atoms with E-state index >= 15 is 0 Å². The third-order valence-corrected chi connectivity index (χ3v) is 5.92. The summed E-state index contributed by atoms with van der Waals surface area (Å²) in [5, 5.41) is 7.89. The summed E-state index contributed by atoms with van der Waals surface area (Å²) in [7, 11) is 0. The molecular weight excluding hydrogens is 462 g/mol. The summed E-state index contributed by atoms with van der Waals surface area (Å²) in [6.45, 7) is 3.65. The second-order valence-electron chi connectivity index (χ2n) is 8.23. The number of carbonyl (C=O) groups is 1. The van der Waals surface area contributed by atoms with Gasteiger partial charge in [0.1, 0.15) is 11.7 Å². The molecule has 6 rings (SSSR count). The van der Waals surface area contributed by atoms with Crippen molar-refractivity contribution in [2.24, 2.45) is 0 Å². The zero-order chi connectivity index (χ0) is 23.2. The average molecular weight is 482 g/mol. The van der Waals surface area contributed by atoms with Gasteiger partial charge in [-0.1, -0.05) is 0 Å². The molecule has 0 aliphatic carbocycles. The molecule has 1 saturated heterocycles. The van der Waals surface area contributed by atoms with E-state index in [4.69, 9.17) is 30.2 Å². The molecule has 2 aliphatic heterocycles. The highest BCUT2D eigenvalue weighted by Gasteiger charge is 2.27. The van der Waals surface area contributed by atoms with Gasteiger partial charge in [0.2, 0.25) is 22.7 Å². The molecule has 3 aromatic heterocycles. The van der Waals surface area contributed by atoms with E-state index in [0.29, 0.717) is 48.2 Å². The lowest BCUT2D eigenvalue weighted by Crippen LogP contribution is -2.34. The van der Waals surface area contributed by atoms with Crippen LogP contribution in [0, 0.1) is 0 Å². The number of carbonyl (C=O) groups excluding carboxylic acids is 1. The van der Waals surface area contributed by atoms with Gasteiger partial charge in [-0.05, 0) is 36.7 Å². The number of fused-ring (bicyclic) bond motifs is 5. The van der Waals surface area contributed by atoms with Crippen LogP contribution in [0.5, 0.6) is 17.5 Å². The zero-order valence-electron chi connectivity index (χ0n) is 18.1. The first-order valence-electron chi connectivity index (χ1n) is 10.9. The normalized spacial score (nSPS) is 20.0. The Labute approximate surface area is 198 Å². The van der Waals surface area contributed by atoms with E-state index in [0.717, 1.165) is 17.2 Å². The Kier molecular flexibility index (Phi) is 5.11. The van der Waals surface area contributed by atoms with E-state index < -0.39 is 0 Å². The highest BCUT2D eigenvalue weighted by Crippen LogP contribution is 2.38. The summed E-state index contributed by atoms with van der Waals surface area (Å²) >= 11 is 6.00. The largest absolute Gasteiger partial charge is 0.481 e. The van der Waals surface area contributed by atoms with Crippen LogP contribution in [0.2, 0.25) is 5.28 Å². The predicted octanol–water partition coefficient (Wildman–Crippen LogP) is 3.93. The number of pyridine rings is 1. The zero-order valence-corrected chi connectivity index (χ0v) is 18.9. The number of rotatable bonds is 4. The topological polar surface area (TPSA) is 121 Å². The second kappa shape index (κ2) is 8.30. The van der Waals surface area contributed by atoms with Gasteiger partial charge in [0, 0.05) is 30.5 Å². The predicted molar refractivity (Wildman–Crippen MR) is 124 cm³/mol. The molecule has 174 valence electrons. The van der Waals surface area contributed by atoms with Gasteiger partial charge in [-0.25, -0.2) is 9.97 Å². The van der Waals surface area contributed by atoms with Crippen molar-refractivity contribution < 1.29 is 23.4 Å². The molecule has 0 radical (unpaired) electrons. The first-order valence-corrected chi connectivity index (χ1v) is 11.3. The highest BCUT2D eigenvalue weighted by molar-refractivity contribution is 6.28. The van der Waals surface area contributed by atoms with Gasteiger partial charge in [-0.15, -0.1) is 0 Å². The van der Waals surface area contributed by atoms with Crippen molar-refractivity contribution in [1.29, 1.82) is 0 Å². The van der Waals surface area contributed by atoms with Crippen molar-refractivity contribution in [3.63, 3.8) is 0 Å². The van der Waals surface area contributed by atoms with Crippen LogP contribution in [0.1, 0.15) is 23.9 Å². The Balaban J connectivity index is 1.37. The third-order valence-electron chi connectivity index (χ3n) is 5.74. The minimum Gasteiger partial charge on any atom is -0.481 e. The number of anilines is 1. The van der Waals surface area contributed by atoms with Gasteiger partial charge in [-0.2, -0.15) is 4.98 Å². The quantitative estimate of drug-likeness (QED) is 0.417. The van der Waals surface area contributed by atoms with Crippen LogP contribution in [0.25, 0.3) is 21.9 Å². The summed E-state index contributed by atoms with van der Waals surface area (Å²) in [5.74, 6) is 0.861. The smallest absolute Gasteiger partial charge is 0.289 e.